The molecule has 142 valence electrons. The maximum Gasteiger partial charge on any atom is 0.326 e. The van der Waals surface area contributed by atoms with Gasteiger partial charge in [0.1, 0.15) is 11.3 Å². The fourth-order valence-electron chi connectivity index (χ4n) is 4.91. The first-order chi connectivity index (χ1) is 12.5. The van der Waals surface area contributed by atoms with Crippen molar-refractivity contribution in [2.24, 2.45) is 0 Å². The van der Waals surface area contributed by atoms with Crippen LogP contribution in [0, 0.1) is 5.82 Å². The number of para-hydroxylation sites is 1. The predicted octanol–water partition coefficient (Wildman–Crippen LogP) is 3.45. The van der Waals surface area contributed by atoms with Crippen molar-refractivity contribution in [1.29, 1.82) is 0 Å². The number of piperidine rings is 1. The Morgan fingerprint density at radius 3 is 2.54 bits per heavy atom. The molecule has 0 atom stereocenters. The normalized spacial score (nSPS) is 28.7. The largest absolute Gasteiger partial charge is 0.381 e. The lowest BCUT2D eigenvalue weighted by Gasteiger charge is -2.48. The van der Waals surface area contributed by atoms with Gasteiger partial charge in [-0.1, -0.05) is 6.07 Å². The van der Waals surface area contributed by atoms with Crippen LogP contribution in [0.3, 0.4) is 0 Å². The summed E-state index contributed by atoms with van der Waals surface area (Å²) in [5, 5.41) is 0. The Bertz CT molecular complexity index is 827. The molecular weight excluding hydrogens is 333 g/mol. The first-order valence-electron chi connectivity index (χ1n) is 9.68. The highest BCUT2D eigenvalue weighted by molar-refractivity contribution is 5.75. The number of hydrogen-bond acceptors (Lipinski definition) is 3. The number of benzene rings is 1. The van der Waals surface area contributed by atoms with Crippen molar-refractivity contribution < 1.29 is 9.13 Å². The monoisotopic (exact) mass is 361 g/mol. The summed E-state index contributed by atoms with van der Waals surface area (Å²) in [7, 11) is 1.81. The average Bonchev–Trinajstić information content (AvgIpc) is 3.00. The lowest BCUT2D eigenvalue weighted by molar-refractivity contribution is -0.0146. The fourth-order valence-corrected chi connectivity index (χ4v) is 4.91. The zero-order valence-corrected chi connectivity index (χ0v) is 15.6. The maximum atomic E-state index is 14.0. The summed E-state index contributed by atoms with van der Waals surface area (Å²) < 4.78 is 21.2. The topological polar surface area (TPSA) is 50.3 Å². The first kappa shape index (κ1) is 17.7. The van der Waals surface area contributed by atoms with Crippen molar-refractivity contribution in [3.05, 3.63) is 34.5 Å². The molecule has 2 aliphatic rings. The molecule has 0 unspecified atom stereocenters. The third kappa shape index (κ3) is 2.99. The zero-order valence-electron chi connectivity index (χ0n) is 15.6. The Morgan fingerprint density at radius 2 is 1.88 bits per heavy atom. The van der Waals surface area contributed by atoms with Crippen LogP contribution in [0.15, 0.2) is 23.0 Å². The van der Waals surface area contributed by atoms with Gasteiger partial charge < -0.3 is 9.72 Å². The summed E-state index contributed by atoms with van der Waals surface area (Å²) >= 11 is 0. The molecule has 1 aromatic heterocycles. The molecule has 1 aromatic carbocycles. The van der Waals surface area contributed by atoms with Crippen molar-refractivity contribution in [2.45, 2.75) is 63.1 Å². The molecule has 2 aromatic rings. The Hall–Kier alpha value is -1.66. The lowest BCUT2D eigenvalue weighted by Crippen LogP contribution is -2.52. The summed E-state index contributed by atoms with van der Waals surface area (Å²) in [5.41, 5.74) is 1.04. The third-order valence-corrected chi connectivity index (χ3v) is 6.64. The second kappa shape index (κ2) is 6.82. The number of aromatic amines is 1. The number of nitrogens with one attached hydrogen (secondary N) is 1. The molecule has 4 rings (SSSR count). The van der Waals surface area contributed by atoms with Gasteiger partial charge in [0.15, 0.2) is 0 Å². The van der Waals surface area contributed by atoms with E-state index in [1.54, 1.807) is 17.7 Å². The third-order valence-electron chi connectivity index (χ3n) is 6.64. The van der Waals surface area contributed by atoms with Crippen LogP contribution in [-0.2, 0) is 4.74 Å². The van der Waals surface area contributed by atoms with Crippen LogP contribution in [0.5, 0.6) is 0 Å². The number of halogens is 1. The minimum atomic E-state index is -0.363. The molecule has 26 heavy (non-hydrogen) atoms. The number of fused-ring (bicyclic) bond motifs is 1. The molecule has 0 spiro atoms. The number of methoxy groups -OCH3 is 1. The quantitative estimate of drug-likeness (QED) is 0.911. The van der Waals surface area contributed by atoms with E-state index >= 15 is 0 Å². The van der Waals surface area contributed by atoms with Gasteiger partial charge in [-0.05, 0) is 57.6 Å². The zero-order chi connectivity index (χ0) is 18.3. The van der Waals surface area contributed by atoms with Crippen LogP contribution < -0.4 is 5.69 Å². The number of aromatic nitrogens is 2. The number of rotatable bonds is 3. The Kier molecular flexibility index (Phi) is 4.65. The van der Waals surface area contributed by atoms with Crippen LogP contribution in [-0.4, -0.2) is 46.3 Å². The van der Waals surface area contributed by atoms with E-state index in [0.29, 0.717) is 17.1 Å². The van der Waals surface area contributed by atoms with Crippen molar-refractivity contribution >= 4 is 11.0 Å². The van der Waals surface area contributed by atoms with Gasteiger partial charge >= 0.3 is 5.69 Å². The number of imidazole rings is 1. The molecular formula is C20H28FN3O2. The van der Waals surface area contributed by atoms with Gasteiger partial charge in [0, 0.05) is 31.8 Å². The van der Waals surface area contributed by atoms with E-state index in [0.717, 1.165) is 51.6 Å². The molecule has 1 saturated carbocycles. The van der Waals surface area contributed by atoms with Gasteiger partial charge in [0.05, 0.1) is 11.6 Å². The summed E-state index contributed by atoms with van der Waals surface area (Å²) in [5.74, 6) is -0.363. The van der Waals surface area contributed by atoms with Crippen LogP contribution >= 0.6 is 0 Å². The van der Waals surface area contributed by atoms with E-state index in [2.05, 4.69) is 16.8 Å². The Balaban J connectivity index is 1.49. The highest BCUT2D eigenvalue weighted by Crippen LogP contribution is 2.37. The van der Waals surface area contributed by atoms with Gasteiger partial charge in [-0.25, -0.2) is 9.18 Å². The van der Waals surface area contributed by atoms with Gasteiger partial charge in [-0.15, -0.1) is 0 Å². The van der Waals surface area contributed by atoms with Crippen LogP contribution in [0.2, 0.25) is 0 Å². The first-order valence-corrected chi connectivity index (χ1v) is 9.68. The highest BCUT2D eigenvalue weighted by atomic mass is 19.1. The summed E-state index contributed by atoms with van der Waals surface area (Å²) in [6.07, 6.45) is 6.81. The minimum absolute atomic E-state index is 0.133. The van der Waals surface area contributed by atoms with Gasteiger partial charge in [-0.3, -0.25) is 9.47 Å². The van der Waals surface area contributed by atoms with E-state index < -0.39 is 0 Å². The molecule has 0 radical (unpaired) electrons. The van der Waals surface area contributed by atoms with Crippen LogP contribution in [0.4, 0.5) is 4.39 Å². The lowest BCUT2D eigenvalue weighted by atomic mass is 9.79. The molecule has 1 N–H and O–H groups in total. The highest BCUT2D eigenvalue weighted by Gasteiger charge is 2.38. The molecule has 1 saturated heterocycles. The number of likely N-dealkylation sites (tertiary alicyclic amines) is 1. The molecule has 1 aliphatic heterocycles. The molecule has 2 fully saturated rings. The second-order valence-corrected chi connectivity index (χ2v) is 8.08. The average molecular weight is 361 g/mol. The van der Waals surface area contributed by atoms with E-state index in [4.69, 9.17) is 4.74 Å². The van der Waals surface area contributed by atoms with E-state index in [1.165, 1.54) is 6.07 Å². The standard InChI is InChI=1S/C20H28FN3O2/c1-20(10-6-15(26-2)7-11-20)23-12-8-14(9-13-23)24-17-5-3-4-16(21)18(17)22-19(24)25/h3-5,14-15H,6-13H2,1-2H3,(H,22,25)/t15-,20-. The van der Waals surface area contributed by atoms with E-state index in [1.807, 2.05) is 6.07 Å². The molecule has 1 aliphatic carbocycles. The molecule has 2 heterocycles. The molecule has 0 bridgehead atoms. The maximum absolute atomic E-state index is 14.0. The summed E-state index contributed by atoms with van der Waals surface area (Å²) in [6.45, 7) is 4.33. The minimum Gasteiger partial charge on any atom is -0.381 e. The van der Waals surface area contributed by atoms with Crippen molar-refractivity contribution in [3.63, 3.8) is 0 Å². The van der Waals surface area contributed by atoms with Crippen LogP contribution in [0.1, 0.15) is 51.5 Å². The predicted molar refractivity (Wildman–Crippen MR) is 100 cm³/mol. The Morgan fingerprint density at radius 1 is 1.19 bits per heavy atom. The van der Waals surface area contributed by atoms with Crippen molar-refractivity contribution in [3.8, 4) is 0 Å². The second-order valence-electron chi connectivity index (χ2n) is 8.08. The smallest absolute Gasteiger partial charge is 0.326 e. The SMILES string of the molecule is CO[C@H]1CC[C@](C)(N2CCC(n3c(=O)[nH]c4c(F)cccc43)CC2)CC1. The number of ether oxygens (including phenoxy) is 1. The summed E-state index contributed by atoms with van der Waals surface area (Å²) in [4.78, 5) is 17.7. The van der Waals surface area contributed by atoms with Gasteiger partial charge in [0.2, 0.25) is 0 Å². The molecule has 0 amide bonds. The number of H-pyrrole nitrogens is 1. The van der Waals surface area contributed by atoms with E-state index in [9.17, 15) is 9.18 Å². The number of hydrogen-bond donors (Lipinski definition) is 1. The van der Waals surface area contributed by atoms with Gasteiger partial charge in [0.25, 0.3) is 0 Å². The van der Waals surface area contributed by atoms with Crippen molar-refractivity contribution in [2.75, 3.05) is 20.2 Å². The van der Waals surface area contributed by atoms with Crippen LogP contribution in [0.25, 0.3) is 11.0 Å². The molecule has 5 nitrogen and oxygen atoms in total. The molecule has 6 heteroatoms. The van der Waals surface area contributed by atoms with E-state index in [-0.39, 0.29) is 23.1 Å². The fraction of sp³-hybridized carbons (Fsp3) is 0.650. The Labute approximate surface area is 153 Å². The van der Waals surface area contributed by atoms with Crippen molar-refractivity contribution in [1.82, 2.24) is 14.5 Å². The summed E-state index contributed by atoms with van der Waals surface area (Å²) in [6, 6.07) is 5.03. The van der Waals surface area contributed by atoms with Gasteiger partial charge in [-0.2, -0.15) is 0 Å². The number of nitrogens with zero attached hydrogens (tertiary/aromatic N) is 2.